The molecule has 0 aromatic carbocycles. The number of rotatable bonds is 1. The van der Waals surface area contributed by atoms with Gasteiger partial charge in [-0.25, -0.2) is 0 Å². The maximum absolute atomic E-state index is 11.3. The van der Waals surface area contributed by atoms with E-state index in [4.69, 9.17) is 0 Å². The normalized spacial score (nSPS) is 36.1. The molecule has 12 heavy (non-hydrogen) atoms. The second kappa shape index (κ2) is 3.66. The molecule has 3 nitrogen and oxygen atoms in total. The van der Waals surface area contributed by atoms with Gasteiger partial charge in [0.05, 0.1) is 18.6 Å². The van der Waals surface area contributed by atoms with Gasteiger partial charge in [0, 0.05) is 5.75 Å². The first-order chi connectivity index (χ1) is 5.61. The summed E-state index contributed by atoms with van der Waals surface area (Å²) in [5.41, 5.74) is -0.681. The van der Waals surface area contributed by atoms with Gasteiger partial charge in [-0.15, -0.1) is 0 Å². The van der Waals surface area contributed by atoms with Gasteiger partial charge in [0.15, 0.2) is 0 Å². The third kappa shape index (κ3) is 1.59. The Morgan fingerprint density at radius 2 is 2.42 bits per heavy atom. The van der Waals surface area contributed by atoms with Crippen molar-refractivity contribution < 1.29 is 14.6 Å². The van der Waals surface area contributed by atoms with Gasteiger partial charge in [-0.1, -0.05) is 0 Å². The fourth-order valence-corrected chi connectivity index (χ4v) is 2.63. The van der Waals surface area contributed by atoms with Crippen molar-refractivity contribution in [1.29, 1.82) is 0 Å². The molecule has 0 radical (unpaired) electrons. The molecule has 2 unspecified atom stereocenters. The van der Waals surface area contributed by atoms with E-state index >= 15 is 0 Å². The molecule has 1 rings (SSSR count). The lowest BCUT2D eigenvalue weighted by atomic mass is 9.82. The maximum Gasteiger partial charge on any atom is 0.314 e. The highest BCUT2D eigenvalue weighted by Crippen LogP contribution is 2.35. The average molecular weight is 190 g/mol. The molecule has 2 atom stereocenters. The summed E-state index contributed by atoms with van der Waals surface area (Å²) in [5, 5.41) is 9.61. The van der Waals surface area contributed by atoms with Crippen molar-refractivity contribution in [3.05, 3.63) is 0 Å². The fourth-order valence-electron chi connectivity index (χ4n) is 1.30. The second-order valence-corrected chi connectivity index (χ2v) is 4.40. The smallest absolute Gasteiger partial charge is 0.314 e. The first-order valence-corrected chi connectivity index (χ1v) is 5.11. The highest BCUT2D eigenvalue weighted by molar-refractivity contribution is 7.99. The summed E-state index contributed by atoms with van der Waals surface area (Å²) < 4.78 is 4.65. The summed E-state index contributed by atoms with van der Waals surface area (Å²) in [6, 6.07) is 0. The van der Waals surface area contributed by atoms with E-state index in [1.165, 1.54) is 7.11 Å². The minimum atomic E-state index is -0.681. The first-order valence-electron chi connectivity index (χ1n) is 3.95. The zero-order valence-corrected chi connectivity index (χ0v) is 8.19. The van der Waals surface area contributed by atoms with Crippen LogP contribution in [0.5, 0.6) is 0 Å². The molecule has 4 heteroatoms. The van der Waals surface area contributed by atoms with Gasteiger partial charge in [-0.2, -0.15) is 11.8 Å². The molecular formula is C8H14O3S. The van der Waals surface area contributed by atoms with Gasteiger partial charge in [-0.3, -0.25) is 4.79 Å². The fraction of sp³-hybridized carbons (Fsp3) is 0.875. The molecule has 70 valence electrons. The molecule has 1 N–H and O–H groups in total. The maximum atomic E-state index is 11.3. The molecule has 1 fully saturated rings. The van der Waals surface area contributed by atoms with Crippen LogP contribution in [-0.2, 0) is 9.53 Å². The summed E-state index contributed by atoms with van der Waals surface area (Å²) in [7, 11) is 1.36. The molecule has 1 heterocycles. The van der Waals surface area contributed by atoms with Crippen molar-refractivity contribution in [2.45, 2.75) is 19.4 Å². The summed E-state index contributed by atoms with van der Waals surface area (Å²) in [6.45, 7) is 1.77. The van der Waals surface area contributed by atoms with Gasteiger partial charge >= 0.3 is 5.97 Å². The molecule has 0 aliphatic carbocycles. The quantitative estimate of drug-likeness (QED) is 0.617. The number of hydrogen-bond donors (Lipinski definition) is 1. The topological polar surface area (TPSA) is 46.5 Å². The zero-order valence-electron chi connectivity index (χ0n) is 7.37. The number of methoxy groups -OCH3 is 1. The Kier molecular flexibility index (Phi) is 3.01. The van der Waals surface area contributed by atoms with Gasteiger partial charge in [0.2, 0.25) is 0 Å². The van der Waals surface area contributed by atoms with Gasteiger partial charge in [0.25, 0.3) is 0 Å². The van der Waals surface area contributed by atoms with E-state index in [0.29, 0.717) is 12.2 Å². The van der Waals surface area contributed by atoms with Crippen LogP contribution in [0.15, 0.2) is 0 Å². The molecule has 0 aromatic rings. The number of esters is 1. The number of carbonyl (C=O) groups is 1. The van der Waals surface area contributed by atoms with E-state index in [9.17, 15) is 9.90 Å². The average Bonchev–Trinajstić information content (AvgIpc) is 2.09. The summed E-state index contributed by atoms with van der Waals surface area (Å²) in [4.78, 5) is 11.3. The highest BCUT2D eigenvalue weighted by Gasteiger charge is 2.43. The van der Waals surface area contributed by atoms with E-state index in [0.717, 1.165) is 5.75 Å². The number of aliphatic hydroxyl groups excluding tert-OH is 1. The van der Waals surface area contributed by atoms with Crippen molar-refractivity contribution in [3.63, 3.8) is 0 Å². The Morgan fingerprint density at radius 3 is 2.92 bits per heavy atom. The molecule has 0 spiro atoms. The Morgan fingerprint density at radius 1 is 1.75 bits per heavy atom. The lowest BCUT2D eigenvalue weighted by Gasteiger charge is -2.35. The molecule has 0 amide bonds. The standard InChI is InChI=1S/C8H14O3S/c1-8(7(10)11-2)3-4-12-5-6(8)9/h6,9H,3-5H2,1-2H3. The van der Waals surface area contributed by atoms with E-state index in [2.05, 4.69) is 4.74 Å². The SMILES string of the molecule is COC(=O)C1(C)CCSCC1O. The van der Waals surface area contributed by atoms with E-state index in [-0.39, 0.29) is 5.97 Å². The lowest BCUT2D eigenvalue weighted by molar-refractivity contribution is -0.158. The third-order valence-electron chi connectivity index (χ3n) is 2.43. The van der Waals surface area contributed by atoms with Crippen molar-refractivity contribution in [1.82, 2.24) is 0 Å². The van der Waals surface area contributed by atoms with Crippen LogP contribution in [0.1, 0.15) is 13.3 Å². The lowest BCUT2D eigenvalue weighted by Crippen LogP contribution is -2.45. The number of thioether (sulfide) groups is 1. The number of carbonyl (C=O) groups excluding carboxylic acids is 1. The van der Waals surface area contributed by atoms with Crippen LogP contribution < -0.4 is 0 Å². The minimum Gasteiger partial charge on any atom is -0.469 e. The molecule has 0 saturated carbocycles. The van der Waals surface area contributed by atoms with Gasteiger partial charge < -0.3 is 9.84 Å². The minimum absolute atomic E-state index is 0.296. The van der Waals surface area contributed by atoms with Crippen LogP contribution in [0.3, 0.4) is 0 Å². The van der Waals surface area contributed by atoms with Gasteiger partial charge in [0.1, 0.15) is 0 Å². The summed E-state index contributed by atoms with van der Waals surface area (Å²) in [5.74, 6) is 1.25. The van der Waals surface area contributed by atoms with Crippen LogP contribution in [-0.4, -0.2) is 35.8 Å². The predicted molar refractivity (Wildman–Crippen MR) is 48.1 cm³/mol. The second-order valence-electron chi connectivity index (χ2n) is 3.25. The Hall–Kier alpha value is -0.220. The largest absolute Gasteiger partial charge is 0.469 e. The van der Waals surface area contributed by atoms with Crippen molar-refractivity contribution in [3.8, 4) is 0 Å². The highest BCUT2D eigenvalue weighted by atomic mass is 32.2. The number of hydrogen-bond acceptors (Lipinski definition) is 4. The summed E-state index contributed by atoms with van der Waals surface area (Å²) in [6.07, 6.45) is 0.134. The van der Waals surface area contributed by atoms with Crippen LogP contribution >= 0.6 is 11.8 Å². The Balaban J connectivity index is 2.72. The Bertz CT molecular complexity index is 183. The molecular weight excluding hydrogens is 176 g/mol. The summed E-state index contributed by atoms with van der Waals surface area (Å²) >= 11 is 1.68. The Labute approximate surface area is 76.5 Å². The van der Waals surface area contributed by atoms with Crippen LogP contribution in [0.25, 0.3) is 0 Å². The number of aliphatic hydroxyl groups is 1. The third-order valence-corrected chi connectivity index (χ3v) is 3.47. The molecule has 1 aliphatic rings. The molecule has 0 aromatic heterocycles. The predicted octanol–water partition coefficient (Wildman–Crippen LogP) is 0.663. The van der Waals surface area contributed by atoms with Crippen LogP contribution in [0.4, 0.5) is 0 Å². The van der Waals surface area contributed by atoms with Crippen LogP contribution in [0, 0.1) is 5.41 Å². The van der Waals surface area contributed by atoms with Crippen molar-refractivity contribution in [2.24, 2.45) is 5.41 Å². The first kappa shape index (κ1) is 9.86. The monoisotopic (exact) mass is 190 g/mol. The van der Waals surface area contributed by atoms with E-state index in [1.54, 1.807) is 18.7 Å². The molecule has 0 bridgehead atoms. The van der Waals surface area contributed by atoms with Crippen molar-refractivity contribution in [2.75, 3.05) is 18.6 Å². The number of ether oxygens (including phenoxy) is 1. The van der Waals surface area contributed by atoms with Crippen molar-refractivity contribution >= 4 is 17.7 Å². The van der Waals surface area contributed by atoms with Gasteiger partial charge in [-0.05, 0) is 19.1 Å². The zero-order chi connectivity index (χ0) is 9.19. The molecule has 1 saturated heterocycles. The van der Waals surface area contributed by atoms with Crippen LogP contribution in [0.2, 0.25) is 0 Å². The van der Waals surface area contributed by atoms with E-state index in [1.807, 2.05) is 0 Å². The molecule has 1 aliphatic heterocycles. The van der Waals surface area contributed by atoms with E-state index < -0.39 is 11.5 Å².